The average Bonchev–Trinajstić information content (AvgIpc) is 2.88. The van der Waals surface area contributed by atoms with E-state index in [0.29, 0.717) is 22.9 Å². The molecule has 1 aromatic carbocycles. The van der Waals surface area contributed by atoms with Crippen molar-refractivity contribution in [3.63, 3.8) is 0 Å². The summed E-state index contributed by atoms with van der Waals surface area (Å²) >= 11 is 0. The zero-order chi connectivity index (χ0) is 19.0. The Hall–Kier alpha value is -2.63. The lowest BCUT2D eigenvalue weighted by Gasteiger charge is -2.16. The molecular formula is C20H26N4O2. The fourth-order valence-corrected chi connectivity index (χ4v) is 3.49. The third-order valence-electron chi connectivity index (χ3n) is 4.66. The van der Waals surface area contributed by atoms with E-state index in [9.17, 15) is 4.79 Å². The number of fused-ring (bicyclic) bond motifs is 1. The Bertz CT molecular complexity index is 990. The largest absolute Gasteiger partial charge is 0.473 e. The summed E-state index contributed by atoms with van der Waals surface area (Å²) in [6.45, 7) is 12.0. The molecule has 0 atom stereocenters. The highest BCUT2D eigenvalue weighted by Gasteiger charge is 2.20. The Labute approximate surface area is 153 Å². The Kier molecular flexibility index (Phi) is 4.85. The van der Waals surface area contributed by atoms with Gasteiger partial charge in [-0.25, -0.2) is 14.3 Å². The third kappa shape index (κ3) is 3.11. The number of hydrogen-bond donors (Lipinski definition) is 1. The minimum absolute atomic E-state index is 0.0576. The van der Waals surface area contributed by atoms with Crippen LogP contribution in [0.3, 0.4) is 0 Å². The quantitative estimate of drug-likeness (QED) is 0.754. The van der Waals surface area contributed by atoms with Gasteiger partial charge in [-0.2, -0.15) is 4.98 Å². The minimum atomic E-state index is -0.232. The Morgan fingerprint density at radius 2 is 1.69 bits per heavy atom. The van der Waals surface area contributed by atoms with Crippen molar-refractivity contribution in [2.24, 2.45) is 0 Å². The molecule has 0 aliphatic carbocycles. The van der Waals surface area contributed by atoms with Gasteiger partial charge in [0.1, 0.15) is 17.4 Å². The number of imidazole rings is 1. The molecule has 0 unspecified atom stereocenters. The summed E-state index contributed by atoms with van der Waals surface area (Å²) in [6, 6.07) is 4.15. The van der Waals surface area contributed by atoms with Gasteiger partial charge in [0.05, 0.1) is 5.69 Å². The number of hydrogen-bond acceptors (Lipinski definition) is 4. The topological polar surface area (TPSA) is 72.8 Å². The lowest BCUT2D eigenvalue weighted by atomic mass is 10.1. The van der Waals surface area contributed by atoms with Crippen LogP contribution in [0.1, 0.15) is 49.2 Å². The van der Waals surface area contributed by atoms with Crippen molar-refractivity contribution in [3.8, 4) is 11.6 Å². The van der Waals surface area contributed by atoms with E-state index in [-0.39, 0.29) is 11.8 Å². The highest BCUT2D eigenvalue weighted by atomic mass is 16.5. The maximum absolute atomic E-state index is 12.8. The van der Waals surface area contributed by atoms with Gasteiger partial charge in [0.2, 0.25) is 5.88 Å². The number of aromatic amines is 1. The molecule has 3 aromatic rings. The van der Waals surface area contributed by atoms with Crippen LogP contribution in [0.2, 0.25) is 0 Å². The highest BCUT2D eigenvalue weighted by molar-refractivity contribution is 5.79. The second-order valence-electron chi connectivity index (χ2n) is 6.84. The molecule has 0 amide bonds. The van der Waals surface area contributed by atoms with E-state index >= 15 is 0 Å². The van der Waals surface area contributed by atoms with E-state index in [1.807, 2.05) is 20.8 Å². The van der Waals surface area contributed by atoms with Gasteiger partial charge in [-0.05, 0) is 51.7 Å². The van der Waals surface area contributed by atoms with Crippen LogP contribution >= 0.6 is 0 Å². The van der Waals surface area contributed by atoms with Gasteiger partial charge in [-0.15, -0.1) is 0 Å². The van der Waals surface area contributed by atoms with E-state index in [1.165, 1.54) is 5.56 Å². The third-order valence-corrected chi connectivity index (χ3v) is 4.66. The van der Waals surface area contributed by atoms with Gasteiger partial charge in [0, 0.05) is 0 Å². The van der Waals surface area contributed by atoms with Crippen molar-refractivity contribution in [2.45, 2.75) is 60.5 Å². The first-order valence-corrected chi connectivity index (χ1v) is 9.09. The molecule has 3 rings (SSSR count). The molecule has 0 radical (unpaired) electrons. The molecule has 0 bridgehead atoms. The summed E-state index contributed by atoms with van der Waals surface area (Å²) in [5.41, 5.74) is 4.96. The maximum Gasteiger partial charge on any atom is 0.332 e. The van der Waals surface area contributed by atoms with E-state index in [0.717, 1.165) is 29.7 Å². The first kappa shape index (κ1) is 18.2. The number of nitrogens with zero attached hydrogens (tertiary/aromatic N) is 3. The van der Waals surface area contributed by atoms with Crippen LogP contribution in [-0.4, -0.2) is 25.6 Å². The summed E-state index contributed by atoms with van der Waals surface area (Å²) in [7, 11) is 0. The zero-order valence-corrected chi connectivity index (χ0v) is 16.3. The number of benzene rings is 1. The van der Waals surface area contributed by atoms with Gasteiger partial charge in [-0.1, -0.05) is 31.5 Å². The normalized spacial score (nSPS) is 11.5. The number of aromatic nitrogens is 4. The number of rotatable bonds is 5. The van der Waals surface area contributed by atoms with Gasteiger partial charge in [0.25, 0.3) is 0 Å². The Morgan fingerprint density at radius 1 is 1.08 bits per heavy atom. The van der Waals surface area contributed by atoms with Crippen molar-refractivity contribution in [1.82, 2.24) is 19.5 Å². The molecule has 6 heteroatoms. The molecule has 0 saturated carbocycles. The lowest BCUT2D eigenvalue weighted by Crippen LogP contribution is -2.17. The minimum Gasteiger partial charge on any atom is -0.473 e. The SMILES string of the molecule is CCC(CC)Oc1nc(C)nc2c1[nH]c(=O)n2-c1c(C)cc(C)cc1C. The van der Waals surface area contributed by atoms with Gasteiger partial charge in [0.15, 0.2) is 5.65 Å². The Morgan fingerprint density at radius 3 is 2.27 bits per heavy atom. The fraction of sp³-hybridized carbons (Fsp3) is 0.450. The fourth-order valence-electron chi connectivity index (χ4n) is 3.49. The number of H-pyrrole nitrogens is 1. The van der Waals surface area contributed by atoms with Crippen molar-refractivity contribution < 1.29 is 4.74 Å². The van der Waals surface area contributed by atoms with Crippen LogP contribution in [0.25, 0.3) is 16.9 Å². The van der Waals surface area contributed by atoms with E-state index < -0.39 is 0 Å². The molecule has 6 nitrogen and oxygen atoms in total. The molecule has 26 heavy (non-hydrogen) atoms. The van der Waals surface area contributed by atoms with Gasteiger partial charge < -0.3 is 4.74 Å². The molecule has 0 aliphatic rings. The van der Waals surface area contributed by atoms with Crippen LogP contribution in [0, 0.1) is 27.7 Å². The molecule has 0 aliphatic heterocycles. The second kappa shape index (κ2) is 6.94. The van der Waals surface area contributed by atoms with Crippen LogP contribution in [0.4, 0.5) is 0 Å². The number of aryl methyl sites for hydroxylation is 4. The molecule has 2 aromatic heterocycles. The average molecular weight is 354 g/mol. The first-order chi connectivity index (χ1) is 12.3. The van der Waals surface area contributed by atoms with E-state index in [2.05, 4.69) is 47.9 Å². The van der Waals surface area contributed by atoms with E-state index in [1.54, 1.807) is 4.57 Å². The van der Waals surface area contributed by atoms with Gasteiger partial charge >= 0.3 is 5.69 Å². The van der Waals surface area contributed by atoms with Gasteiger partial charge in [-0.3, -0.25) is 4.98 Å². The van der Waals surface area contributed by atoms with Crippen LogP contribution in [0.5, 0.6) is 5.88 Å². The first-order valence-electron chi connectivity index (χ1n) is 9.09. The van der Waals surface area contributed by atoms with Crippen molar-refractivity contribution in [2.75, 3.05) is 0 Å². The predicted molar refractivity (Wildman–Crippen MR) is 103 cm³/mol. The molecule has 138 valence electrons. The summed E-state index contributed by atoms with van der Waals surface area (Å²) in [5, 5.41) is 0. The van der Waals surface area contributed by atoms with Crippen LogP contribution in [-0.2, 0) is 0 Å². The van der Waals surface area contributed by atoms with Crippen LogP contribution < -0.4 is 10.4 Å². The van der Waals surface area contributed by atoms with Crippen molar-refractivity contribution >= 4 is 11.2 Å². The number of ether oxygens (including phenoxy) is 1. The molecule has 0 saturated heterocycles. The highest BCUT2D eigenvalue weighted by Crippen LogP contribution is 2.27. The molecule has 0 spiro atoms. The lowest BCUT2D eigenvalue weighted by molar-refractivity contribution is 0.187. The summed E-state index contributed by atoms with van der Waals surface area (Å²) in [6.07, 6.45) is 1.81. The second-order valence-corrected chi connectivity index (χ2v) is 6.84. The molecular weight excluding hydrogens is 328 g/mol. The standard InChI is InChI=1S/C20H26N4O2/c1-7-15(8-2)26-19-16-18(21-14(6)22-19)24(20(25)23-16)17-12(4)9-11(3)10-13(17)5/h9-10,15H,7-8H2,1-6H3,(H,23,25). The van der Waals surface area contributed by atoms with Crippen molar-refractivity contribution in [1.29, 1.82) is 0 Å². The summed E-state index contributed by atoms with van der Waals surface area (Å²) in [4.78, 5) is 24.7. The predicted octanol–water partition coefficient (Wildman–Crippen LogP) is 3.91. The monoisotopic (exact) mass is 354 g/mol. The summed E-state index contributed by atoms with van der Waals surface area (Å²) in [5.74, 6) is 1.02. The molecule has 1 N–H and O–H groups in total. The molecule has 2 heterocycles. The molecule has 0 fully saturated rings. The Balaban J connectivity index is 2.28. The zero-order valence-electron chi connectivity index (χ0n) is 16.3. The summed E-state index contributed by atoms with van der Waals surface area (Å²) < 4.78 is 7.69. The maximum atomic E-state index is 12.8. The number of nitrogens with one attached hydrogen (secondary N) is 1. The smallest absolute Gasteiger partial charge is 0.332 e. The van der Waals surface area contributed by atoms with E-state index in [4.69, 9.17) is 4.74 Å². The van der Waals surface area contributed by atoms with Crippen molar-refractivity contribution in [3.05, 3.63) is 45.1 Å². The van der Waals surface area contributed by atoms with Crippen LogP contribution in [0.15, 0.2) is 16.9 Å².